The molecule has 0 spiro atoms. The second-order valence-electron chi connectivity index (χ2n) is 15.5. The Morgan fingerprint density at radius 2 is 0.746 bits per heavy atom. The number of para-hydroxylation sites is 1. The predicted molar refractivity (Wildman–Crippen MR) is 253 cm³/mol. The molecule has 0 saturated heterocycles. The highest BCUT2D eigenvalue weighted by Crippen LogP contribution is 2.40. The van der Waals surface area contributed by atoms with Gasteiger partial charge in [-0.05, 0) is 62.4 Å². The molecule has 0 saturated carbocycles. The van der Waals surface area contributed by atoms with Crippen LogP contribution in [0.3, 0.4) is 0 Å². The van der Waals surface area contributed by atoms with Gasteiger partial charge < -0.3 is 4.57 Å². The van der Waals surface area contributed by atoms with Crippen LogP contribution in [0.15, 0.2) is 194 Å². The summed E-state index contributed by atoms with van der Waals surface area (Å²) in [5, 5.41) is 2.20. The molecule has 8 heteroatoms. The summed E-state index contributed by atoms with van der Waals surface area (Å²) in [5.41, 5.74) is 12.9. The maximum Gasteiger partial charge on any atom is 0.163 e. The summed E-state index contributed by atoms with van der Waals surface area (Å²) in [7, 11) is 0. The zero-order valence-electron chi connectivity index (χ0n) is 34.6. The molecule has 0 amide bonds. The standard InChI is InChI=1S/C55H38N8/c1-35-56-36(2)58-55(57-35)42-28-30-51-44(32-42)43-25-15-16-26-50(43)63(51)52-29-27-41(48-33-46(37-17-7-3-8-18-37)59-53(61-48)39-21-11-5-12-22-39)31-45(52)49-34-47(38-19-9-4-10-20-38)60-54(62-49)40-23-13-6-14-24-40/h3-34H,1-2H3. The molecule has 0 N–H and O–H groups in total. The van der Waals surface area contributed by atoms with Crippen LogP contribution >= 0.6 is 0 Å². The van der Waals surface area contributed by atoms with Gasteiger partial charge in [-0.3, -0.25) is 0 Å². The van der Waals surface area contributed by atoms with Crippen LogP contribution in [0, 0.1) is 13.8 Å². The molecule has 0 radical (unpaired) electrons. The van der Waals surface area contributed by atoms with Crippen LogP contribution in [0.5, 0.6) is 0 Å². The molecule has 7 aromatic carbocycles. The fourth-order valence-electron chi connectivity index (χ4n) is 8.34. The van der Waals surface area contributed by atoms with Crippen molar-refractivity contribution >= 4 is 21.8 Å². The van der Waals surface area contributed by atoms with E-state index in [-0.39, 0.29) is 0 Å². The molecule has 4 aromatic heterocycles. The quantitative estimate of drug-likeness (QED) is 0.151. The predicted octanol–water partition coefficient (Wildman–Crippen LogP) is 12.8. The Morgan fingerprint density at radius 3 is 1.33 bits per heavy atom. The van der Waals surface area contributed by atoms with E-state index in [1.807, 2.05) is 86.6 Å². The van der Waals surface area contributed by atoms with E-state index in [4.69, 9.17) is 29.9 Å². The Labute approximate surface area is 364 Å². The minimum atomic E-state index is 0.637. The lowest BCUT2D eigenvalue weighted by Crippen LogP contribution is -2.02. The summed E-state index contributed by atoms with van der Waals surface area (Å²) in [4.78, 5) is 34.7. The number of hydrogen-bond donors (Lipinski definition) is 0. The first-order valence-electron chi connectivity index (χ1n) is 20.9. The van der Waals surface area contributed by atoms with Crippen molar-refractivity contribution in [2.24, 2.45) is 0 Å². The lowest BCUT2D eigenvalue weighted by molar-refractivity contribution is 0.929. The Hall–Kier alpha value is -8.49. The van der Waals surface area contributed by atoms with Crippen LogP contribution < -0.4 is 0 Å². The fourth-order valence-corrected chi connectivity index (χ4v) is 8.34. The second-order valence-corrected chi connectivity index (χ2v) is 15.5. The minimum Gasteiger partial charge on any atom is -0.309 e. The van der Waals surface area contributed by atoms with E-state index in [2.05, 4.69) is 131 Å². The second kappa shape index (κ2) is 15.8. The smallest absolute Gasteiger partial charge is 0.163 e. The van der Waals surface area contributed by atoms with E-state index < -0.39 is 0 Å². The third-order valence-electron chi connectivity index (χ3n) is 11.3. The fraction of sp³-hybridized carbons (Fsp3) is 0.0364. The van der Waals surface area contributed by atoms with Crippen LogP contribution in [-0.2, 0) is 0 Å². The number of aryl methyl sites for hydroxylation is 2. The maximum atomic E-state index is 5.39. The molecule has 63 heavy (non-hydrogen) atoms. The van der Waals surface area contributed by atoms with Gasteiger partial charge in [-0.1, -0.05) is 146 Å². The molecule has 0 aliphatic carbocycles. The third-order valence-corrected chi connectivity index (χ3v) is 11.3. The highest BCUT2D eigenvalue weighted by molar-refractivity contribution is 6.11. The van der Waals surface area contributed by atoms with Crippen LogP contribution in [0.2, 0.25) is 0 Å². The average Bonchev–Trinajstić information content (AvgIpc) is 3.68. The van der Waals surface area contributed by atoms with Crippen molar-refractivity contribution < 1.29 is 0 Å². The highest BCUT2D eigenvalue weighted by atomic mass is 15.0. The third kappa shape index (κ3) is 7.19. The Balaban J connectivity index is 1.19. The van der Waals surface area contributed by atoms with Crippen LogP contribution in [0.4, 0.5) is 0 Å². The van der Waals surface area contributed by atoms with Gasteiger partial charge in [0.15, 0.2) is 17.5 Å². The van der Waals surface area contributed by atoms with Crippen LogP contribution in [0.1, 0.15) is 11.6 Å². The molecule has 11 aromatic rings. The van der Waals surface area contributed by atoms with Crippen molar-refractivity contribution in [3.63, 3.8) is 0 Å². The Kier molecular flexibility index (Phi) is 9.43. The first kappa shape index (κ1) is 37.5. The highest BCUT2D eigenvalue weighted by Gasteiger charge is 2.21. The van der Waals surface area contributed by atoms with Crippen LogP contribution in [0.25, 0.3) is 107 Å². The van der Waals surface area contributed by atoms with Crippen molar-refractivity contribution in [2.75, 3.05) is 0 Å². The molecule has 0 aliphatic rings. The van der Waals surface area contributed by atoms with E-state index in [0.29, 0.717) is 29.1 Å². The van der Waals surface area contributed by atoms with Gasteiger partial charge in [-0.25, -0.2) is 34.9 Å². The van der Waals surface area contributed by atoms with E-state index >= 15 is 0 Å². The summed E-state index contributed by atoms with van der Waals surface area (Å²) < 4.78 is 2.34. The van der Waals surface area contributed by atoms with Gasteiger partial charge in [-0.15, -0.1) is 0 Å². The molecule has 0 aliphatic heterocycles. The van der Waals surface area contributed by atoms with Crippen molar-refractivity contribution in [2.45, 2.75) is 13.8 Å². The summed E-state index contributed by atoms with van der Waals surface area (Å²) in [5.74, 6) is 3.32. The zero-order valence-corrected chi connectivity index (χ0v) is 34.6. The Morgan fingerprint density at radius 1 is 0.302 bits per heavy atom. The van der Waals surface area contributed by atoms with Crippen molar-refractivity contribution in [1.29, 1.82) is 0 Å². The summed E-state index contributed by atoms with van der Waals surface area (Å²) in [6, 6.07) is 66.7. The minimum absolute atomic E-state index is 0.637. The molecular weight excluding hydrogens is 773 g/mol. The monoisotopic (exact) mass is 810 g/mol. The summed E-state index contributed by atoms with van der Waals surface area (Å²) in [6.45, 7) is 3.81. The first-order valence-corrected chi connectivity index (χ1v) is 20.9. The molecule has 4 heterocycles. The summed E-state index contributed by atoms with van der Waals surface area (Å²) >= 11 is 0. The van der Waals surface area contributed by atoms with Crippen LogP contribution in [-0.4, -0.2) is 39.5 Å². The Bertz CT molecular complexity index is 3320. The van der Waals surface area contributed by atoms with E-state index in [1.165, 1.54) is 0 Å². The van der Waals surface area contributed by atoms with Gasteiger partial charge in [0.2, 0.25) is 0 Å². The largest absolute Gasteiger partial charge is 0.309 e. The topological polar surface area (TPSA) is 95.2 Å². The van der Waals surface area contributed by atoms with Gasteiger partial charge in [0, 0.05) is 49.7 Å². The average molecular weight is 811 g/mol. The van der Waals surface area contributed by atoms with Crippen molar-refractivity contribution in [1.82, 2.24) is 39.5 Å². The van der Waals surface area contributed by atoms with E-state index in [1.54, 1.807) is 0 Å². The molecule has 298 valence electrons. The van der Waals surface area contributed by atoms with Crippen molar-refractivity contribution in [3.05, 3.63) is 206 Å². The molecule has 11 rings (SSSR count). The maximum absolute atomic E-state index is 5.39. The van der Waals surface area contributed by atoms with Gasteiger partial charge in [0.25, 0.3) is 0 Å². The molecular formula is C55H38N8. The number of fused-ring (bicyclic) bond motifs is 3. The van der Waals surface area contributed by atoms with Gasteiger partial charge in [0.05, 0.1) is 39.5 Å². The summed E-state index contributed by atoms with van der Waals surface area (Å²) in [6.07, 6.45) is 0. The SMILES string of the molecule is Cc1nc(C)nc(-c2ccc3c(c2)c2ccccc2n3-c2ccc(-c3cc(-c4ccccc4)nc(-c4ccccc4)n3)cc2-c2cc(-c3ccccc3)nc(-c3ccccc3)n2)n1. The lowest BCUT2D eigenvalue weighted by Gasteiger charge is -2.17. The van der Waals surface area contributed by atoms with Crippen molar-refractivity contribution in [3.8, 4) is 84.9 Å². The number of aromatic nitrogens is 8. The molecule has 0 unspecified atom stereocenters. The number of hydrogen-bond acceptors (Lipinski definition) is 7. The number of benzene rings is 7. The first-order chi connectivity index (χ1) is 31.0. The molecule has 0 bridgehead atoms. The van der Waals surface area contributed by atoms with Gasteiger partial charge >= 0.3 is 0 Å². The van der Waals surface area contributed by atoms with Gasteiger partial charge in [0.1, 0.15) is 11.6 Å². The number of nitrogens with zero attached hydrogens (tertiary/aromatic N) is 8. The zero-order chi connectivity index (χ0) is 42.3. The normalized spacial score (nSPS) is 11.3. The lowest BCUT2D eigenvalue weighted by atomic mass is 9.99. The molecule has 8 nitrogen and oxygen atoms in total. The van der Waals surface area contributed by atoms with E-state index in [0.717, 1.165) is 89.2 Å². The molecule has 0 atom stereocenters. The van der Waals surface area contributed by atoms with Gasteiger partial charge in [-0.2, -0.15) is 0 Å². The molecule has 0 fully saturated rings. The number of rotatable bonds is 8. The van der Waals surface area contributed by atoms with E-state index in [9.17, 15) is 0 Å².